The van der Waals surface area contributed by atoms with Gasteiger partial charge in [-0.3, -0.25) is 4.79 Å². The van der Waals surface area contributed by atoms with Crippen LogP contribution in [0.25, 0.3) is 0 Å². The summed E-state index contributed by atoms with van der Waals surface area (Å²) in [5, 5.41) is 8.66. The zero-order chi connectivity index (χ0) is 31.5. The number of ether oxygens (including phenoxy) is 4. The number of methoxy groups -OCH3 is 1. The van der Waals surface area contributed by atoms with Crippen molar-refractivity contribution in [3.8, 4) is 23.0 Å². The molecular formula is C36H36N2O6. The number of allylic oxidation sites excluding steroid dienone is 1. The van der Waals surface area contributed by atoms with Gasteiger partial charge in [0.2, 0.25) is 0 Å². The van der Waals surface area contributed by atoms with E-state index >= 15 is 0 Å². The van der Waals surface area contributed by atoms with Crippen LogP contribution in [0.5, 0.6) is 23.0 Å². The number of nitrogens with zero attached hydrogens (tertiary/aromatic N) is 2. The van der Waals surface area contributed by atoms with E-state index in [0.717, 1.165) is 29.0 Å². The maximum absolute atomic E-state index is 12.8. The molecule has 0 fully saturated rings. The number of benzene rings is 4. The molecule has 0 aromatic heterocycles. The molecule has 1 atom stereocenters. The molecule has 4 rings (SSSR count). The van der Waals surface area contributed by atoms with E-state index in [1.165, 1.54) is 6.92 Å². The van der Waals surface area contributed by atoms with Crippen LogP contribution in [0.1, 0.15) is 45.2 Å². The maximum atomic E-state index is 12.8. The number of carbonyl (C=O) groups is 2. The fourth-order valence-electron chi connectivity index (χ4n) is 4.28. The summed E-state index contributed by atoms with van der Waals surface area (Å²) in [7, 11) is 1.63. The molecule has 0 aliphatic rings. The summed E-state index contributed by atoms with van der Waals surface area (Å²) in [6.07, 6.45) is 2.58. The minimum absolute atomic E-state index is 0.000346. The molecule has 4 aromatic carbocycles. The largest absolute Gasteiger partial charge is 0.497 e. The minimum atomic E-state index is -0.484. The Morgan fingerprint density at radius 2 is 1.20 bits per heavy atom. The van der Waals surface area contributed by atoms with Crippen molar-refractivity contribution in [3.63, 3.8) is 0 Å². The van der Waals surface area contributed by atoms with Gasteiger partial charge >= 0.3 is 5.97 Å². The number of esters is 1. The summed E-state index contributed by atoms with van der Waals surface area (Å²) in [6, 6.07) is 24.7. The second-order valence-electron chi connectivity index (χ2n) is 10.3. The second-order valence-corrected chi connectivity index (χ2v) is 10.3. The molecule has 1 unspecified atom stereocenters. The Kier molecular flexibility index (Phi) is 11.0. The lowest BCUT2D eigenvalue weighted by molar-refractivity contribution is 0.0734. The second kappa shape index (κ2) is 15.3. The van der Waals surface area contributed by atoms with E-state index in [1.807, 2.05) is 44.2 Å². The molecule has 8 heteroatoms. The Hall–Kier alpha value is -5.24. The molecule has 226 valence electrons. The number of hydrogen-bond acceptors (Lipinski definition) is 8. The monoisotopic (exact) mass is 592 g/mol. The van der Waals surface area contributed by atoms with Crippen LogP contribution in [0.4, 0.5) is 11.4 Å². The molecule has 0 heterocycles. The van der Waals surface area contributed by atoms with Crippen molar-refractivity contribution in [3.05, 3.63) is 120 Å². The quantitative estimate of drug-likeness (QED) is 0.0477. The van der Waals surface area contributed by atoms with Crippen LogP contribution in [0.15, 0.2) is 108 Å². The SMILES string of the molecule is C=CCC(COc1ccc(OC)cc1)COc1ccc(OC(=O)c2ccc(N=Nc3ccc(C(C)=O)cc3C)c(C)c2)cc1. The lowest BCUT2D eigenvalue weighted by Crippen LogP contribution is -2.19. The molecule has 0 aliphatic carbocycles. The zero-order valence-electron chi connectivity index (χ0n) is 25.4. The first-order valence-corrected chi connectivity index (χ1v) is 14.2. The summed E-state index contributed by atoms with van der Waals surface area (Å²) in [5.74, 6) is 2.21. The van der Waals surface area contributed by atoms with Gasteiger partial charge in [0.05, 0.1) is 37.3 Å². The van der Waals surface area contributed by atoms with Gasteiger partial charge in [0.1, 0.15) is 23.0 Å². The molecule has 4 aromatic rings. The summed E-state index contributed by atoms with van der Waals surface area (Å²) in [5.41, 5.74) is 3.95. The first-order chi connectivity index (χ1) is 21.2. The van der Waals surface area contributed by atoms with E-state index in [2.05, 4.69) is 16.8 Å². The third-order valence-electron chi connectivity index (χ3n) is 6.87. The van der Waals surface area contributed by atoms with Crippen LogP contribution in [-0.4, -0.2) is 32.1 Å². The number of rotatable bonds is 14. The van der Waals surface area contributed by atoms with Crippen molar-refractivity contribution in [1.29, 1.82) is 0 Å². The number of aryl methyl sites for hydroxylation is 2. The van der Waals surface area contributed by atoms with Crippen molar-refractivity contribution < 1.29 is 28.5 Å². The fourth-order valence-corrected chi connectivity index (χ4v) is 4.28. The summed E-state index contributed by atoms with van der Waals surface area (Å²) >= 11 is 0. The van der Waals surface area contributed by atoms with Crippen LogP contribution >= 0.6 is 0 Å². The number of carbonyl (C=O) groups excluding carboxylic acids is 2. The van der Waals surface area contributed by atoms with Gasteiger partial charge in [-0.15, -0.1) is 6.58 Å². The molecular weight excluding hydrogens is 556 g/mol. The summed E-state index contributed by atoms with van der Waals surface area (Å²) < 4.78 is 22.7. The molecule has 0 amide bonds. The highest BCUT2D eigenvalue weighted by Gasteiger charge is 2.13. The third kappa shape index (κ3) is 8.88. The van der Waals surface area contributed by atoms with Crippen LogP contribution in [0, 0.1) is 19.8 Å². The van der Waals surface area contributed by atoms with Crippen LogP contribution in [0.3, 0.4) is 0 Å². The molecule has 0 radical (unpaired) electrons. The van der Waals surface area contributed by atoms with E-state index in [9.17, 15) is 9.59 Å². The minimum Gasteiger partial charge on any atom is -0.497 e. The van der Waals surface area contributed by atoms with Gasteiger partial charge in [-0.2, -0.15) is 10.2 Å². The average Bonchev–Trinajstić information content (AvgIpc) is 3.03. The van der Waals surface area contributed by atoms with E-state index < -0.39 is 5.97 Å². The van der Waals surface area contributed by atoms with Gasteiger partial charge in [-0.1, -0.05) is 6.08 Å². The van der Waals surface area contributed by atoms with E-state index in [1.54, 1.807) is 67.8 Å². The Balaban J connectivity index is 1.30. The topological polar surface area (TPSA) is 95.8 Å². The normalized spacial score (nSPS) is 11.5. The molecule has 0 saturated carbocycles. The Morgan fingerprint density at radius 3 is 1.68 bits per heavy atom. The van der Waals surface area contributed by atoms with Gasteiger partial charge < -0.3 is 18.9 Å². The van der Waals surface area contributed by atoms with E-state index in [4.69, 9.17) is 18.9 Å². The predicted molar refractivity (Wildman–Crippen MR) is 170 cm³/mol. The van der Waals surface area contributed by atoms with Gasteiger partial charge in [0, 0.05) is 11.5 Å². The lowest BCUT2D eigenvalue weighted by atomic mass is 10.1. The number of hydrogen-bond donors (Lipinski definition) is 0. The van der Waals surface area contributed by atoms with Crippen molar-refractivity contribution >= 4 is 23.1 Å². The average molecular weight is 593 g/mol. The zero-order valence-corrected chi connectivity index (χ0v) is 25.4. The van der Waals surface area contributed by atoms with Crippen LogP contribution in [-0.2, 0) is 0 Å². The predicted octanol–water partition coefficient (Wildman–Crippen LogP) is 8.80. The third-order valence-corrected chi connectivity index (χ3v) is 6.87. The smallest absolute Gasteiger partial charge is 0.343 e. The molecule has 0 aliphatic heterocycles. The molecule has 44 heavy (non-hydrogen) atoms. The number of Topliss-reactive ketones (excluding diaryl/α,β-unsaturated/α-hetero) is 1. The lowest BCUT2D eigenvalue weighted by Gasteiger charge is -2.17. The number of ketones is 1. The Morgan fingerprint density at radius 1 is 0.727 bits per heavy atom. The van der Waals surface area contributed by atoms with E-state index in [-0.39, 0.29) is 11.7 Å². The summed E-state index contributed by atoms with van der Waals surface area (Å²) in [4.78, 5) is 24.4. The molecule has 0 saturated heterocycles. The van der Waals surface area contributed by atoms with Crippen molar-refractivity contribution in [2.24, 2.45) is 16.1 Å². The number of azo groups is 1. The van der Waals surface area contributed by atoms with Crippen molar-refractivity contribution in [2.45, 2.75) is 27.2 Å². The Labute approximate surface area is 258 Å². The first-order valence-electron chi connectivity index (χ1n) is 14.2. The highest BCUT2D eigenvalue weighted by Crippen LogP contribution is 2.27. The first kappa shape index (κ1) is 31.7. The maximum Gasteiger partial charge on any atom is 0.343 e. The Bertz CT molecular complexity index is 1630. The fraction of sp³-hybridized carbons (Fsp3) is 0.222. The van der Waals surface area contributed by atoms with Gasteiger partial charge in [-0.05, 0) is 123 Å². The summed E-state index contributed by atoms with van der Waals surface area (Å²) in [6.45, 7) is 10.0. The van der Waals surface area contributed by atoms with Crippen molar-refractivity contribution in [2.75, 3.05) is 20.3 Å². The van der Waals surface area contributed by atoms with E-state index in [0.29, 0.717) is 47.2 Å². The standard InChI is InChI=1S/C36H36N2O6/c1-6-7-27(22-42-31-12-10-30(41-5)11-13-31)23-43-32-14-16-33(17-15-32)44-36(40)29-9-19-35(25(3)21-29)38-37-34-18-8-28(26(4)39)20-24(34)2/h6,8-21,27H,1,7,22-23H2,2-5H3. The highest BCUT2D eigenvalue weighted by atomic mass is 16.5. The van der Waals surface area contributed by atoms with Gasteiger partial charge in [-0.25, -0.2) is 4.79 Å². The van der Waals surface area contributed by atoms with Crippen molar-refractivity contribution in [1.82, 2.24) is 0 Å². The van der Waals surface area contributed by atoms with Crippen LogP contribution < -0.4 is 18.9 Å². The van der Waals surface area contributed by atoms with Gasteiger partial charge in [0.15, 0.2) is 5.78 Å². The van der Waals surface area contributed by atoms with Gasteiger partial charge in [0.25, 0.3) is 0 Å². The van der Waals surface area contributed by atoms with Crippen LogP contribution in [0.2, 0.25) is 0 Å². The molecule has 0 N–H and O–H groups in total. The highest BCUT2D eigenvalue weighted by molar-refractivity contribution is 5.94. The molecule has 0 spiro atoms. The molecule has 8 nitrogen and oxygen atoms in total. The molecule has 0 bridgehead atoms.